The Morgan fingerprint density at radius 2 is 2.10 bits per heavy atom. The molecule has 0 spiro atoms. The molecular weight excluding hydrogens is 126 g/mol. The van der Waals surface area contributed by atoms with Gasteiger partial charge in [-0.3, -0.25) is 0 Å². The molecule has 3 N–H and O–H groups in total. The maximum atomic E-state index is 9.25. The van der Waals surface area contributed by atoms with Crippen molar-refractivity contribution in [3.05, 3.63) is 29.7 Å². The largest absolute Gasteiger partial charge is 0.508 e. The van der Waals surface area contributed by atoms with Gasteiger partial charge in [-0.25, -0.2) is 0 Å². The Morgan fingerprint density at radius 1 is 1.50 bits per heavy atom. The van der Waals surface area contributed by atoms with Gasteiger partial charge in [-0.15, -0.1) is 0 Å². The Balaban J connectivity index is 3.40. The zero-order chi connectivity index (χ0) is 12.7. The topological polar surface area (TPSA) is 46.2 Å². The van der Waals surface area contributed by atoms with Crippen molar-refractivity contribution in [2.24, 2.45) is 5.73 Å². The maximum Gasteiger partial charge on any atom is 0.115 e. The first-order valence-corrected chi connectivity index (χ1v) is 2.72. The van der Waals surface area contributed by atoms with Crippen LogP contribution in [0.4, 0.5) is 0 Å². The fourth-order valence-corrected chi connectivity index (χ4v) is 0.522. The van der Waals surface area contributed by atoms with Gasteiger partial charge in [0.25, 0.3) is 0 Å². The van der Waals surface area contributed by atoms with Gasteiger partial charge in [-0.05, 0) is 30.6 Å². The molecule has 0 unspecified atom stereocenters. The zero-order valence-corrected chi connectivity index (χ0v) is 5.23. The standard InChI is InChI=1S/C8H11NO/c9-6-5-7-1-3-8(10)4-2-7/h1-4,10H,5-6,9H2/i1D,2D,3D,4D,6D2. The molecule has 10 heavy (non-hydrogen) atoms. The second kappa shape index (κ2) is 3.22. The van der Waals surface area contributed by atoms with Gasteiger partial charge in [-0.2, -0.15) is 0 Å². The lowest BCUT2D eigenvalue weighted by molar-refractivity contribution is 0.475. The minimum Gasteiger partial charge on any atom is -0.508 e. The molecule has 0 amide bonds. The molecule has 0 aromatic heterocycles. The number of rotatable bonds is 2. The van der Waals surface area contributed by atoms with Crippen molar-refractivity contribution < 1.29 is 13.3 Å². The lowest BCUT2D eigenvalue weighted by Crippen LogP contribution is -2.01. The van der Waals surface area contributed by atoms with Crippen LogP contribution in [0.1, 0.15) is 13.8 Å². The lowest BCUT2D eigenvalue weighted by atomic mass is 10.1. The van der Waals surface area contributed by atoms with Gasteiger partial charge in [0.15, 0.2) is 0 Å². The molecule has 0 aliphatic heterocycles. The SMILES string of the molecule is [2H]c1c([2H])c(CC([2H])([2H])N)c([2H])c([2H])c1O. The average molecular weight is 143 g/mol. The molecule has 0 saturated carbocycles. The van der Waals surface area contributed by atoms with E-state index in [0.717, 1.165) is 0 Å². The third-order valence-electron chi connectivity index (χ3n) is 0.942. The molecule has 0 heterocycles. The van der Waals surface area contributed by atoms with Gasteiger partial charge in [0.05, 0.1) is 5.48 Å². The minimum atomic E-state index is -2.12. The zero-order valence-electron chi connectivity index (χ0n) is 11.2. The number of phenolic OH excluding ortho intramolecular Hbond substituents is 1. The van der Waals surface area contributed by atoms with E-state index in [1.54, 1.807) is 0 Å². The van der Waals surface area contributed by atoms with Crippen LogP contribution >= 0.6 is 0 Å². The third kappa shape index (κ3) is 1.74. The van der Waals surface area contributed by atoms with Crippen LogP contribution in [0.3, 0.4) is 0 Å². The smallest absolute Gasteiger partial charge is 0.115 e. The molecule has 0 aliphatic rings. The van der Waals surface area contributed by atoms with Gasteiger partial charge in [0.1, 0.15) is 5.75 Å². The Hall–Kier alpha value is -1.02. The predicted molar refractivity (Wildman–Crippen MR) is 40.9 cm³/mol. The molecule has 2 heteroatoms. The van der Waals surface area contributed by atoms with Crippen molar-refractivity contribution in [3.63, 3.8) is 0 Å². The van der Waals surface area contributed by atoms with Crippen LogP contribution in [0.5, 0.6) is 5.75 Å². The highest BCUT2D eigenvalue weighted by Gasteiger charge is 1.89. The minimum absolute atomic E-state index is 0.139. The first-order chi connectivity index (χ1) is 7.15. The van der Waals surface area contributed by atoms with E-state index in [4.69, 9.17) is 14.0 Å². The summed E-state index contributed by atoms with van der Waals surface area (Å²) in [6, 6.07) is -2.10. The highest BCUT2D eigenvalue weighted by atomic mass is 16.3. The van der Waals surface area contributed by atoms with Gasteiger partial charge in [0.2, 0.25) is 0 Å². The number of benzene rings is 1. The van der Waals surface area contributed by atoms with Gasteiger partial charge in [0, 0.05) is 2.74 Å². The van der Waals surface area contributed by atoms with E-state index in [1.165, 1.54) is 0 Å². The number of nitrogens with two attached hydrogens (primary N) is 1. The first kappa shape index (κ1) is 2.55. The van der Waals surface area contributed by atoms with E-state index >= 15 is 0 Å². The van der Waals surface area contributed by atoms with Crippen molar-refractivity contribution in [3.8, 4) is 5.75 Å². The van der Waals surface area contributed by atoms with E-state index < -0.39 is 42.8 Å². The van der Waals surface area contributed by atoms with Crippen molar-refractivity contribution in [1.82, 2.24) is 0 Å². The molecule has 1 aromatic carbocycles. The molecule has 0 radical (unpaired) electrons. The molecule has 1 rings (SSSR count). The Bertz CT molecular complexity index is 399. The van der Waals surface area contributed by atoms with Crippen LogP contribution in [0.15, 0.2) is 24.2 Å². The number of hydrogen-bond donors (Lipinski definition) is 2. The summed E-state index contributed by atoms with van der Waals surface area (Å²) < 4.78 is 43.9. The Morgan fingerprint density at radius 3 is 2.60 bits per heavy atom. The second-order valence-electron chi connectivity index (χ2n) is 1.71. The van der Waals surface area contributed by atoms with Crippen LogP contribution < -0.4 is 5.73 Å². The van der Waals surface area contributed by atoms with Crippen molar-refractivity contribution in [2.75, 3.05) is 6.50 Å². The first-order valence-electron chi connectivity index (χ1n) is 5.72. The molecule has 0 aliphatic carbocycles. The normalized spacial score (nSPS) is 19.7. The predicted octanol–water partition coefficient (Wildman–Crippen LogP) is 0.893. The van der Waals surface area contributed by atoms with Gasteiger partial charge >= 0.3 is 0 Å². The van der Waals surface area contributed by atoms with E-state index in [1.807, 2.05) is 0 Å². The summed E-state index contributed by atoms with van der Waals surface area (Å²) in [5.41, 5.74) is 4.99. The third-order valence-corrected chi connectivity index (χ3v) is 0.942. The molecule has 0 atom stereocenters. The molecule has 54 valence electrons. The highest BCUT2D eigenvalue weighted by molar-refractivity contribution is 5.25. The average Bonchev–Trinajstić information content (AvgIpc) is 2.17. The summed E-state index contributed by atoms with van der Waals surface area (Å²) in [7, 11) is 0. The summed E-state index contributed by atoms with van der Waals surface area (Å²) in [5, 5.41) is 9.25. The van der Waals surface area contributed by atoms with Crippen LogP contribution in [-0.2, 0) is 6.42 Å². The van der Waals surface area contributed by atoms with Gasteiger partial charge in [-0.1, -0.05) is 12.1 Å². The molecule has 0 fully saturated rings. The molecular formula is C8H11NO. The second-order valence-corrected chi connectivity index (χ2v) is 1.71. The van der Waals surface area contributed by atoms with E-state index in [0.29, 0.717) is 0 Å². The van der Waals surface area contributed by atoms with Crippen molar-refractivity contribution in [2.45, 2.75) is 6.42 Å². The highest BCUT2D eigenvalue weighted by Crippen LogP contribution is 2.09. The number of phenols is 1. The Kier molecular flexibility index (Phi) is 0.822. The fourth-order valence-electron chi connectivity index (χ4n) is 0.522. The van der Waals surface area contributed by atoms with E-state index in [9.17, 15) is 5.11 Å². The van der Waals surface area contributed by atoms with Crippen LogP contribution in [0.25, 0.3) is 0 Å². The number of hydrogen-bond acceptors (Lipinski definition) is 2. The summed E-state index contributed by atoms with van der Waals surface area (Å²) in [4.78, 5) is 0. The van der Waals surface area contributed by atoms with Gasteiger partial charge < -0.3 is 10.8 Å². The number of aromatic hydroxyl groups is 1. The molecule has 0 saturated heterocycles. The monoisotopic (exact) mass is 143 g/mol. The van der Waals surface area contributed by atoms with Crippen LogP contribution in [0, 0.1) is 0 Å². The molecule has 1 aromatic rings. The summed E-state index contributed by atoms with van der Waals surface area (Å²) in [6.07, 6.45) is -0.442. The maximum absolute atomic E-state index is 9.25. The lowest BCUT2D eigenvalue weighted by Gasteiger charge is -1.96. The van der Waals surface area contributed by atoms with E-state index in [2.05, 4.69) is 0 Å². The molecule has 0 bridgehead atoms. The molecule has 2 nitrogen and oxygen atoms in total. The summed E-state index contributed by atoms with van der Waals surface area (Å²) in [6.45, 7) is -2.12. The van der Waals surface area contributed by atoms with Crippen LogP contribution in [-0.4, -0.2) is 11.6 Å². The Labute approximate surface area is 68.7 Å². The van der Waals surface area contributed by atoms with Crippen molar-refractivity contribution >= 4 is 0 Å². The summed E-state index contributed by atoms with van der Waals surface area (Å²) >= 11 is 0. The van der Waals surface area contributed by atoms with Crippen molar-refractivity contribution in [1.29, 1.82) is 0 Å². The van der Waals surface area contributed by atoms with Crippen LogP contribution in [0.2, 0.25) is 0 Å². The van der Waals surface area contributed by atoms with E-state index in [-0.39, 0.29) is 5.56 Å². The fraction of sp³-hybridized carbons (Fsp3) is 0.250. The summed E-state index contributed by atoms with van der Waals surface area (Å²) in [5.74, 6) is -0.740. The quantitative estimate of drug-likeness (QED) is 0.646.